The molecule has 0 bridgehead atoms. The highest BCUT2D eigenvalue weighted by Gasteiger charge is 2.29. The molecule has 1 heterocycles. The second-order valence-electron chi connectivity index (χ2n) is 4.58. The maximum atomic E-state index is 12.7. The Morgan fingerprint density at radius 3 is 2.67 bits per heavy atom. The Morgan fingerprint density at radius 2 is 2.10 bits per heavy atom. The number of nitrogens with two attached hydrogens (primary N) is 1. The molecule has 0 saturated heterocycles. The summed E-state index contributed by atoms with van der Waals surface area (Å²) in [4.78, 5) is 0.917. The van der Waals surface area contributed by atoms with E-state index in [1.165, 1.54) is 40.9 Å². The highest BCUT2D eigenvalue weighted by Crippen LogP contribution is 2.30. The standard InChI is InChI=1S/C14H15N3O2S2/c1-10(13-4-3-7-20-13)17(2)21(18,19)14-6-5-12(16)8-11(14)9-15/h3-8,10H,16H2,1-2H3. The van der Waals surface area contributed by atoms with Crippen LogP contribution in [0, 0.1) is 11.3 Å². The summed E-state index contributed by atoms with van der Waals surface area (Å²) in [6.07, 6.45) is 0. The molecule has 1 unspecified atom stereocenters. The average molecular weight is 321 g/mol. The van der Waals surface area contributed by atoms with E-state index in [1.54, 1.807) is 0 Å². The quantitative estimate of drug-likeness (QED) is 0.877. The van der Waals surface area contributed by atoms with Gasteiger partial charge in [0.15, 0.2) is 0 Å². The first-order valence-corrected chi connectivity index (χ1v) is 8.51. The maximum absolute atomic E-state index is 12.7. The van der Waals surface area contributed by atoms with Gasteiger partial charge in [0.2, 0.25) is 10.0 Å². The van der Waals surface area contributed by atoms with Crippen LogP contribution < -0.4 is 5.73 Å². The molecule has 1 aromatic carbocycles. The van der Waals surface area contributed by atoms with Gasteiger partial charge >= 0.3 is 0 Å². The molecule has 1 aromatic heterocycles. The third kappa shape index (κ3) is 2.93. The van der Waals surface area contributed by atoms with Crippen molar-refractivity contribution in [1.29, 1.82) is 5.26 Å². The predicted molar refractivity (Wildman–Crippen MR) is 83.3 cm³/mol. The highest BCUT2D eigenvalue weighted by atomic mass is 32.2. The van der Waals surface area contributed by atoms with Crippen molar-refractivity contribution in [2.75, 3.05) is 12.8 Å². The molecule has 0 fully saturated rings. The number of hydrogen-bond acceptors (Lipinski definition) is 5. The third-order valence-corrected chi connectivity index (χ3v) is 6.31. The van der Waals surface area contributed by atoms with Gasteiger partial charge in [0.25, 0.3) is 0 Å². The van der Waals surface area contributed by atoms with E-state index in [0.717, 1.165) is 4.88 Å². The van der Waals surface area contributed by atoms with Gasteiger partial charge in [-0.3, -0.25) is 0 Å². The van der Waals surface area contributed by atoms with E-state index in [-0.39, 0.29) is 16.5 Å². The van der Waals surface area contributed by atoms with E-state index in [2.05, 4.69) is 0 Å². The number of nitrogen functional groups attached to an aromatic ring is 1. The van der Waals surface area contributed by atoms with E-state index in [4.69, 9.17) is 11.0 Å². The SMILES string of the molecule is CC(c1cccs1)N(C)S(=O)(=O)c1ccc(N)cc1C#N. The number of hydrogen-bond donors (Lipinski definition) is 1. The highest BCUT2D eigenvalue weighted by molar-refractivity contribution is 7.89. The summed E-state index contributed by atoms with van der Waals surface area (Å²) in [6, 6.07) is 9.57. The van der Waals surface area contributed by atoms with Crippen molar-refractivity contribution >= 4 is 27.0 Å². The predicted octanol–water partition coefficient (Wildman–Crippen LogP) is 2.58. The van der Waals surface area contributed by atoms with Gasteiger partial charge in [-0.2, -0.15) is 9.57 Å². The first-order chi connectivity index (χ1) is 9.87. The van der Waals surface area contributed by atoms with Crippen molar-refractivity contribution in [1.82, 2.24) is 4.31 Å². The van der Waals surface area contributed by atoms with Crippen LogP contribution in [0.25, 0.3) is 0 Å². The van der Waals surface area contributed by atoms with Crippen LogP contribution in [-0.4, -0.2) is 19.8 Å². The van der Waals surface area contributed by atoms with E-state index in [0.29, 0.717) is 5.69 Å². The van der Waals surface area contributed by atoms with Gasteiger partial charge in [-0.05, 0) is 36.6 Å². The maximum Gasteiger partial charge on any atom is 0.244 e. The molecule has 2 aromatic rings. The molecule has 0 aliphatic heterocycles. The average Bonchev–Trinajstić information content (AvgIpc) is 2.99. The molecular formula is C14H15N3O2S2. The van der Waals surface area contributed by atoms with Crippen LogP contribution in [0.15, 0.2) is 40.6 Å². The van der Waals surface area contributed by atoms with Crippen molar-refractivity contribution in [2.45, 2.75) is 17.9 Å². The Labute approximate surface area is 128 Å². The topological polar surface area (TPSA) is 87.2 Å². The minimum atomic E-state index is -3.76. The normalized spacial score (nSPS) is 13.0. The molecular weight excluding hydrogens is 306 g/mol. The molecule has 1 atom stereocenters. The molecule has 0 radical (unpaired) electrons. The summed E-state index contributed by atoms with van der Waals surface area (Å²) in [7, 11) is -2.25. The zero-order valence-electron chi connectivity index (χ0n) is 11.6. The fourth-order valence-corrected chi connectivity index (χ4v) is 4.29. The summed E-state index contributed by atoms with van der Waals surface area (Å²) >= 11 is 1.49. The van der Waals surface area contributed by atoms with Gasteiger partial charge in [-0.15, -0.1) is 11.3 Å². The zero-order chi connectivity index (χ0) is 15.6. The first-order valence-electron chi connectivity index (χ1n) is 6.19. The Bertz CT molecular complexity index is 777. The number of benzene rings is 1. The summed E-state index contributed by atoms with van der Waals surface area (Å²) in [6.45, 7) is 1.81. The van der Waals surface area contributed by atoms with Crippen LogP contribution in [0.1, 0.15) is 23.4 Å². The lowest BCUT2D eigenvalue weighted by molar-refractivity contribution is 0.403. The Balaban J connectivity index is 2.45. The molecule has 0 aliphatic rings. The number of anilines is 1. The van der Waals surface area contributed by atoms with Gasteiger partial charge in [0.1, 0.15) is 11.0 Å². The first kappa shape index (κ1) is 15.5. The fourth-order valence-electron chi connectivity index (χ4n) is 1.93. The molecule has 5 nitrogen and oxygen atoms in total. The van der Waals surface area contributed by atoms with E-state index in [9.17, 15) is 8.42 Å². The Morgan fingerprint density at radius 1 is 1.38 bits per heavy atom. The molecule has 0 spiro atoms. The molecule has 0 amide bonds. The lowest BCUT2D eigenvalue weighted by atomic mass is 10.2. The van der Waals surface area contributed by atoms with Crippen molar-refractivity contribution in [3.8, 4) is 6.07 Å². The lowest BCUT2D eigenvalue weighted by Gasteiger charge is -2.24. The van der Waals surface area contributed by atoms with Gasteiger partial charge in [0, 0.05) is 17.6 Å². The number of sulfonamides is 1. The van der Waals surface area contributed by atoms with Gasteiger partial charge in [-0.1, -0.05) is 6.07 Å². The summed E-state index contributed by atoms with van der Waals surface area (Å²) < 4.78 is 26.7. The van der Waals surface area contributed by atoms with E-state index >= 15 is 0 Å². The second kappa shape index (κ2) is 5.85. The van der Waals surface area contributed by atoms with Gasteiger partial charge in [-0.25, -0.2) is 8.42 Å². The summed E-state index contributed by atoms with van der Waals surface area (Å²) in [5.74, 6) is 0. The molecule has 7 heteroatoms. The minimum Gasteiger partial charge on any atom is -0.399 e. The Hall–Kier alpha value is -1.88. The molecule has 2 N–H and O–H groups in total. The van der Waals surface area contributed by atoms with Crippen LogP contribution in [0.5, 0.6) is 0 Å². The number of nitrogens with zero attached hydrogens (tertiary/aromatic N) is 2. The number of thiophene rings is 1. The van der Waals surface area contributed by atoms with Crippen LogP contribution in [0.3, 0.4) is 0 Å². The van der Waals surface area contributed by atoms with Crippen molar-refractivity contribution in [3.63, 3.8) is 0 Å². The Kier molecular flexibility index (Phi) is 4.32. The van der Waals surface area contributed by atoms with Crippen molar-refractivity contribution in [2.24, 2.45) is 0 Å². The van der Waals surface area contributed by atoms with Crippen molar-refractivity contribution in [3.05, 3.63) is 46.2 Å². The monoisotopic (exact) mass is 321 g/mol. The minimum absolute atomic E-state index is 0.0230. The molecule has 2 rings (SSSR count). The smallest absolute Gasteiger partial charge is 0.244 e. The van der Waals surface area contributed by atoms with Crippen molar-refractivity contribution < 1.29 is 8.42 Å². The second-order valence-corrected chi connectivity index (χ2v) is 7.53. The number of rotatable bonds is 4. The van der Waals surface area contributed by atoms with Gasteiger partial charge < -0.3 is 5.73 Å². The molecule has 0 aliphatic carbocycles. The largest absolute Gasteiger partial charge is 0.399 e. The lowest BCUT2D eigenvalue weighted by Crippen LogP contribution is -2.30. The zero-order valence-corrected chi connectivity index (χ0v) is 13.3. The van der Waals surface area contributed by atoms with Crippen LogP contribution in [-0.2, 0) is 10.0 Å². The molecule has 21 heavy (non-hydrogen) atoms. The van der Waals surface area contributed by atoms with Crippen LogP contribution in [0.4, 0.5) is 5.69 Å². The third-order valence-electron chi connectivity index (χ3n) is 3.28. The summed E-state index contributed by atoms with van der Waals surface area (Å²) in [5, 5.41) is 11.0. The van der Waals surface area contributed by atoms with Crippen LogP contribution in [0.2, 0.25) is 0 Å². The van der Waals surface area contributed by atoms with E-state index < -0.39 is 10.0 Å². The fraction of sp³-hybridized carbons (Fsp3) is 0.214. The summed E-state index contributed by atoms with van der Waals surface area (Å²) in [5.41, 5.74) is 6.02. The molecule has 0 saturated carbocycles. The van der Waals surface area contributed by atoms with E-state index in [1.807, 2.05) is 30.5 Å². The van der Waals surface area contributed by atoms with Gasteiger partial charge in [0.05, 0.1) is 11.6 Å². The van der Waals surface area contributed by atoms with Crippen LogP contribution >= 0.6 is 11.3 Å². The number of nitriles is 1. The molecule has 110 valence electrons.